The Kier molecular flexibility index (Phi) is 5.95. The number of ether oxygens (including phenoxy) is 3. The lowest BCUT2D eigenvalue weighted by Gasteiger charge is -2.13. The fourth-order valence-electron chi connectivity index (χ4n) is 2.56. The van der Waals surface area contributed by atoms with Crippen LogP contribution in [0, 0.1) is 0 Å². The van der Waals surface area contributed by atoms with Gasteiger partial charge in [0.05, 0.1) is 21.3 Å². The first-order valence-electron chi connectivity index (χ1n) is 8.12. The Labute approximate surface area is 165 Å². The maximum absolute atomic E-state index is 11.3. The number of benzene rings is 1. The first-order chi connectivity index (χ1) is 13.5. The van der Waals surface area contributed by atoms with Crippen molar-refractivity contribution in [1.82, 2.24) is 10.1 Å². The number of nitrogens with zero attached hydrogens (tertiary/aromatic N) is 2. The van der Waals surface area contributed by atoms with Crippen LogP contribution in [-0.2, 0) is 4.79 Å². The number of carboxylic acid groups (broad SMARTS) is 1. The molecule has 2 heterocycles. The van der Waals surface area contributed by atoms with Gasteiger partial charge in [-0.2, -0.15) is 16.3 Å². The summed E-state index contributed by atoms with van der Waals surface area (Å²) >= 11 is 1.50. The van der Waals surface area contributed by atoms with Crippen molar-refractivity contribution in [2.24, 2.45) is 0 Å². The molecule has 0 aliphatic heterocycles. The smallest absolute Gasteiger partial charge is 0.254 e. The molecule has 0 aliphatic rings. The van der Waals surface area contributed by atoms with Gasteiger partial charge in [0.2, 0.25) is 5.82 Å². The number of thiophene rings is 1. The van der Waals surface area contributed by atoms with Crippen LogP contribution in [0.25, 0.3) is 23.0 Å². The summed E-state index contributed by atoms with van der Waals surface area (Å²) in [5, 5.41) is 18.9. The molecule has 0 unspecified atom stereocenters. The monoisotopic (exact) mass is 401 g/mol. The molecular weight excluding hydrogens is 384 g/mol. The lowest BCUT2D eigenvalue weighted by molar-refractivity contribution is -0.304. The molecule has 0 saturated heterocycles. The molecule has 0 saturated carbocycles. The van der Waals surface area contributed by atoms with Gasteiger partial charge >= 0.3 is 0 Å². The predicted molar refractivity (Wildman–Crippen MR) is 101 cm³/mol. The summed E-state index contributed by atoms with van der Waals surface area (Å²) < 4.78 is 21.2. The molecule has 0 N–H and O–H groups in total. The van der Waals surface area contributed by atoms with Gasteiger partial charge in [0, 0.05) is 40.5 Å². The number of carbonyl (C=O) groups is 1. The normalized spacial score (nSPS) is 11.3. The molecule has 0 radical (unpaired) electrons. The van der Waals surface area contributed by atoms with E-state index in [0.717, 1.165) is 5.56 Å². The Bertz CT molecular complexity index is 994. The van der Waals surface area contributed by atoms with Crippen LogP contribution < -0.4 is 19.3 Å². The van der Waals surface area contributed by atoms with E-state index in [0.29, 0.717) is 28.6 Å². The number of hydrogen-bond acceptors (Lipinski definition) is 9. The fourth-order valence-corrected chi connectivity index (χ4v) is 3.19. The van der Waals surface area contributed by atoms with Crippen LogP contribution >= 0.6 is 11.3 Å². The summed E-state index contributed by atoms with van der Waals surface area (Å²) in [5.74, 6) is 0.594. The first-order valence-corrected chi connectivity index (χ1v) is 9.07. The van der Waals surface area contributed by atoms with E-state index in [1.54, 1.807) is 18.2 Å². The molecule has 9 heteroatoms. The second-order valence-electron chi connectivity index (χ2n) is 5.60. The zero-order valence-corrected chi connectivity index (χ0v) is 16.2. The second kappa shape index (κ2) is 8.57. The Morgan fingerprint density at radius 1 is 1.18 bits per heavy atom. The van der Waals surface area contributed by atoms with Crippen LogP contribution in [0.5, 0.6) is 17.2 Å². The number of hydrogen-bond donors (Lipinski definition) is 0. The van der Waals surface area contributed by atoms with E-state index in [2.05, 4.69) is 10.1 Å². The van der Waals surface area contributed by atoms with E-state index in [9.17, 15) is 9.90 Å². The van der Waals surface area contributed by atoms with Gasteiger partial charge in [0.1, 0.15) is 5.75 Å². The summed E-state index contributed by atoms with van der Waals surface area (Å²) in [6.07, 6.45) is 1.17. The minimum atomic E-state index is -1.28. The van der Waals surface area contributed by atoms with Crippen LogP contribution in [0.3, 0.4) is 0 Å². The van der Waals surface area contributed by atoms with Crippen LogP contribution in [0.2, 0.25) is 0 Å². The predicted octanol–water partition coefficient (Wildman–Crippen LogP) is 2.50. The van der Waals surface area contributed by atoms with Crippen LogP contribution in [0.4, 0.5) is 0 Å². The molecule has 0 spiro atoms. The number of aromatic nitrogens is 2. The quantitative estimate of drug-likeness (QED) is 0.567. The maximum Gasteiger partial charge on any atom is 0.254 e. The molecule has 2 aromatic heterocycles. The van der Waals surface area contributed by atoms with E-state index >= 15 is 0 Å². The van der Waals surface area contributed by atoms with Crippen molar-refractivity contribution < 1.29 is 28.6 Å². The highest BCUT2D eigenvalue weighted by atomic mass is 32.1. The van der Waals surface area contributed by atoms with E-state index in [4.69, 9.17) is 18.7 Å². The SMILES string of the molecule is COc1cc(OC)c(OC)cc1/C=C(\CC(=O)[O-])c1nc(-c2ccsc2)no1. The molecule has 3 aromatic rings. The van der Waals surface area contributed by atoms with Gasteiger partial charge in [-0.25, -0.2) is 0 Å². The third-order valence-corrected chi connectivity index (χ3v) is 4.56. The number of methoxy groups -OCH3 is 3. The van der Waals surface area contributed by atoms with E-state index < -0.39 is 12.4 Å². The average Bonchev–Trinajstić information content (AvgIpc) is 3.38. The van der Waals surface area contributed by atoms with Crippen molar-refractivity contribution in [1.29, 1.82) is 0 Å². The van der Waals surface area contributed by atoms with Crippen molar-refractivity contribution in [3.63, 3.8) is 0 Å². The van der Waals surface area contributed by atoms with E-state index in [1.807, 2.05) is 16.8 Å². The van der Waals surface area contributed by atoms with E-state index in [-0.39, 0.29) is 11.5 Å². The highest BCUT2D eigenvalue weighted by molar-refractivity contribution is 7.08. The summed E-state index contributed by atoms with van der Waals surface area (Å²) in [5.41, 5.74) is 1.63. The lowest BCUT2D eigenvalue weighted by Crippen LogP contribution is -2.22. The summed E-state index contributed by atoms with van der Waals surface area (Å²) in [6, 6.07) is 5.16. The highest BCUT2D eigenvalue weighted by Crippen LogP contribution is 2.37. The van der Waals surface area contributed by atoms with Crippen LogP contribution in [-0.4, -0.2) is 37.4 Å². The first kappa shape index (κ1) is 19.4. The summed E-state index contributed by atoms with van der Waals surface area (Å²) in [4.78, 5) is 15.6. The minimum Gasteiger partial charge on any atom is -0.550 e. The molecule has 0 fully saturated rings. The number of carbonyl (C=O) groups excluding carboxylic acids is 1. The number of rotatable bonds is 8. The largest absolute Gasteiger partial charge is 0.550 e. The molecule has 3 rings (SSSR count). The molecule has 1 aromatic carbocycles. The Morgan fingerprint density at radius 3 is 2.50 bits per heavy atom. The Hall–Kier alpha value is -3.33. The van der Waals surface area contributed by atoms with Crippen LogP contribution in [0.15, 0.2) is 33.5 Å². The summed E-state index contributed by atoms with van der Waals surface area (Å²) in [6.45, 7) is 0. The van der Waals surface area contributed by atoms with Gasteiger partial charge < -0.3 is 28.6 Å². The molecule has 8 nitrogen and oxygen atoms in total. The van der Waals surface area contributed by atoms with Crippen molar-refractivity contribution in [3.8, 4) is 28.6 Å². The molecule has 0 bridgehead atoms. The number of aliphatic carboxylic acids is 1. The Morgan fingerprint density at radius 2 is 1.89 bits per heavy atom. The maximum atomic E-state index is 11.3. The standard InChI is InChI=1S/C19H18N2O6S/c1-24-14-9-16(26-3)15(25-2)7-12(14)6-13(8-17(22)23)19-20-18(21-27-19)11-4-5-28-10-11/h4-7,9-10H,8H2,1-3H3,(H,22,23)/p-1/b13-6+. The van der Waals surface area contributed by atoms with E-state index in [1.165, 1.54) is 32.7 Å². The zero-order valence-electron chi connectivity index (χ0n) is 15.4. The van der Waals surface area contributed by atoms with Crippen molar-refractivity contribution >= 4 is 29.0 Å². The van der Waals surface area contributed by atoms with Crippen molar-refractivity contribution in [3.05, 3.63) is 40.4 Å². The van der Waals surface area contributed by atoms with Gasteiger partial charge in [-0.1, -0.05) is 5.16 Å². The van der Waals surface area contributed by atoms with Crippen molar-refractivity contribution in [2.45, 2.75) is 6.42 Å². The zero-order chi connectivity index (χ0) is 20.1. The highest BCUT2D eigenvalue weighted by Gasteiger charge is 2.16. The molecule has 0 amide bonds. The van der Waals surface area contributed by atoms with Crippen LogP contribution in [0.1, 0.15) is 17.9 Å². The summed E-state index contributed by atoms with van der Waals surface area (Å²) in [7, 11) is 4.52. The van der Waals surface area contributed by atoms with Gasteiger partial charge in [-0.15, -0.1) is 0 Å². The van der Waals surface area contributed by atoms with Gasteiger partial charge in [-0.3, -0.25) is 0 Å². The number of carboxylic acids is 1. The Balaban J connectivity index is 2.07. The van der Waals surface area contributed by atoms with Gasteiger partial charge in [0.15, 0.2) is 11.5 Å². The molecule has 0 atom stereocenters. The molecule has 146 valence electrons. The van der Waals surface area contributed by atoms with Gasteiger partial charge in [0.25, 0.3) is 5.89 Å². The molecular formula is C19H17N2O6S-. The fraction of sp³-hybridized carbons (Fsp3) is 0.211. The minimum absolute atomic E-state index is 0.0854. The van der Waals surface area contributed by atoms with Crippen molar-refractivity contribution in [2.75, 3.05) is 21.3 Å². The molecule has 28 heavy (non-hydrogen) atoms. The third kappa shape index (κ3) is 4.15. The third-order valence-electron chi connectivity index (χ3n) is 3.88. The van der Waals surface area contributed by atoms with Gasteiger partial charge in [-0.05, 0) is 23.6 Å². The second-order valence-corrected chi connectivity index (χ2v) is 6.38. The topological polar surface area (TPSA) is 107 Å². The molecule has 0 aliphatic carbocycles. The average molecular weight is 401 g/mol. The lowest BCUT2D eigenvalue weighted by atomic mass is 10.1.